The summed E-state index contributed by atoms with van der Waals surface area (Å²) < 4.78 is 0. The lowest BCUT2D eigenvalue weighted by atomic mass is 9.51. The van der Waals surface area contributed by atoms with Gasteiger partial charge < -0.3 is 10.6 Å². The summed E-state index contributed by atoms with van der Waals surface area (Å²) in [6, 6.07) is 0.336. The van der Waals surface area contributed by atoms with Crippen molar-refractivity contribution in [3.8, 4) is 0 Å². The van der Waals surface area contributed by atoms with E-state index in [9.17, 15) is 4.79 Å². The molecule has 5 fully saturated rings. The van der Waals surface area contributed by atoms with Crippen molar-refractivity contribution < 1.29 is 4.79 Å². The lowest BCUT2D eigenvalue weighted by Gasteiger charge is -2.53. The molecule has 5 rings (SSSR count). The Morgan fingerprint density at radius 3 is 2.27 bits per heavy atom. The first-order valence-electron chi connectivity index (χ1n) is 9.21. The van der Waals surface area contributed by atoms with Crippen molar-refractivity contribution in [1.82, 2.24) is 10.6 Å². The second-order valence-electron chi connectivity index (χ2n) is 8.36. The van der Waals surface area contributed by atoms with Crippen LogP contribution in [0, 0.1) is 35.5 Å². The first-order valence-corrected chi connectivity index (χ1v) is 9.21. The topological polar surface area (TPSA) is 41.1 Å². The quantitative estimate of drug-likeness (QED) is 0.837. The van der Waals surface area contributed by atoms with Gasteiger partial charge in [0.1, 0.15) is 0 Å². The summed E-state index contributed by atoms with van der Waals surface area (Å²) >= 11 is 0. The van der Waals surface area contributed by atoms with Gasteiger partial charge in [-0.15, -0.1) is 12.4 Å². The average Bonchev–Trinajstić information content (AvgIpc) is 2.47. The molecular formula is C18H31ClN2O. The first kappa shape index (κ1) is 16.6. The first-order chi connectivity index (χ1) is 10.2. The van der Waals surface area contributed by atoms with Crippen molar-refractivity contribution in [2.24, 2.45) is 35.5 Å². The van der Waals surface area contributed by atoms with Crippen LogP contribution >= 0.6 is 12.4 Å². The van der Waals surface area contributed by atoms with Crippen LogP contribution in [0.5, 0.6) is 0 Å². The van der Waals surface area contributed by atoms with E-state index in [0.717, 1.165) is 24.9 Å². The third kappa shape index (κ3) is 3.03. The molecule has 0 aromatic heterocycles. The zero-order valence-corrected chi connectivity index (χ0v) is 14.5. The Hall–Kier alpha value is -0.280. The van der Waals surface area contributed by atoms with Gasteiger partial charge in [0.2, 0.25) is 5.91 Å². The van der Waals surface area contributed by atoms with Gasteiger partial charge in [0.25, 0.3) is 0 Å². The summed E-state index contributed by atoms with van der Waals surface area (Å²) in [6.07, 6.45) is 9.33. The summed E-state index contributed by atoms with van der Waals surface area (Å²) in [7, 11) is 0. The largest absolute Gasteiger partial charge is 0.353 e. The Labute approximate surface area is 140 Å². The summed E-state index contributed by atoms with van der Waals surface area (Å²) in [6.45, 7) is 4.43. The van der Waals surface area contributed by atoms with Crippen molar-refractivity contribution in [2.75, 3.05) is 13.1 Å². The van der Waals surface area contributed by atoms with Crippen molar-refractivity contribution >= 4 is 18.3 Å². The van der Waals surface area contributed by atoms with Gasteiger partial charge in [0, 0.05) is 12.0 Å². The van der Waals surface area contributed by atoms with Gasteiger partial charge in [-0.05, 0) is 94.5 Å². The molecule has 2 unspecified atom stereocenters. The number of carbonyl (C=O) groups excluding carboxylic acids is 1. The van der Waals surface area contributed by atoms with Gasteiger partial charge in [-0.2, -0.15) is 0 Å². The van der Waals surface area contributed by atoms with Crippen LogP contribution in [-0.4, -0.2) is 25.0 Å². The Bertz CT molecular complexity index is 380. The average molecular weight is 327 g/mol. The lowest BCUT2D eigenvalue weighted by molar-refractivity contribution is -0.139. The van der Waals surface area contributed by atoms with E-state index in [-0.39, 0.29) is 12.4 Å². The highest BCUT2D eigenvalue weighted by atomic mass is 35.5. The fourth-order valence-electron chi connectivity index (χ4n) is 6.10. The van der Waals surface area contributed by atoms with E-state index in [1.165, 1.54) is 44.9 Å². The van der Waals surface area contributed by atoms with Crippen LogP contribution in [0.25, 0.3) is 0 Å². The summed E-state index contributed by atoms with van der Waals surface area (Å²) in [5.74, 6) is 4.68. The van der Waals surface area contributed by atoms with E-state index >= 15 is 0 Å². The molecule has 0 aromatic rings. The molecule has 1 heterocycles. The van der Waals surface area contributed by atoms with Crippen LogP contribution in [0.1, 0.15) is 51.9 Å². The standard InChI is InChI=1S/C18H30N2O.ClH/c1-11(14-3-2-4-19-10-14)20-18(21)17-15-6-12-5-13(8-15)9-16(17)7-12;/h11-17,19H,2-10H2,1H3,(H,20,21);1H. The third-order valence-electron chi connectivity index (χ3n) is 6.94. The molecule has 0 radical (unpaired) electrons. The van der Waals surface area contributed by atoms with E-state index in [0.29, 0.717) is 35.6 Å². The van der Waals surface area contributed by atoms with Crippen molar-refractivity contribution in [1.29, 1.82) is 0 Å². The Kier molecular flexibility index (Phi) is 5.04. The maximum Gasteiger partial charge on any atom is 0.223 e. The molecule has 2 atom stereocenters. The van der Waals surface area contributed by atoms with Crippen molar-refractivity contribution in [2.45, 2.75) is 57.9 Å². The predicted molar refractivity (Wildman–Crippen MR) is 91.0 cm³/mol. The molecule has 4 aliphatic carbocycles. The minimum absolute atomic E-state index is 0. The smallest absolute Gasteiger partial charge is 0.223 e. The maximum absolute atomic E-state index is 12.9. The highest BCUT2D eigenvalue weighted by Crippen LogP contribution is 2.56. The summed E-state index contributed by atoms with van der Waals surface area (Å²) in [5, 5.41) is 6.87. The number of nitrogens with one attached hydrogen (secondary N) is 2. The van der Waals surface area contributed by atoms with E-state index < -0.39 is 0 Å². The zero-order chi connectivity index (χ0) is 14.4. The summed E-state index contributed by atoms with van der Waals surface area (Å²) in [5.41, 5.74) is 0. The van der Waals surface area contributed by atoms with E-state index in [1.54, 1.807) is 0 Å². The number of rotatable bonds is 3. The second kappa shape index (κ2) is 6.68. The van der Waals surface area contributed by atoms with E-state index in [1.807, 2.05) is 0 Å². The van der Waals surface area contributed by atoms with Gasteiger partial charge in [0.05, 0.1) is 0 Å². The van der Waals surface area contributed by atoms with Crippen LogP contribution in [0.15, 0.2) is 0 Å². The van der Waals surface area contributed by atoms with Gasteiger partial charge in [-0.25, -0.2) is 0 Å². The van der Waals surface area contributed by atoms with Crippen LogP contribution in [-0.2, 0) is 4.79 Å². The summed E-state index contributed by atoms with van der Waals surface area (Å²) in [4.78, 5) is 12.9. The number of hydrogen-bond acceptors (Lipinski definition) is 2. The molecule has 0 spiro atoms. The number of piperidine rings is 1. The minimum Gasteiger partial charge on any atom is -0.353 e. The molecule has 3 nitrogen and oxygen atoms in total. The molecule has 0 aromatic carbocycles. The highest BCUT2D eigenvalue weighted by Gasteiger charge is 2.50. The van der Waals surface area contributed by atoms with Gasteiger partial charge in [-0.1, -0.05) is 0 Å². The number of amides is 1. The van der Waals surface area contributed by atoms with Crippen molar-refractivity contribution in [3.63, 3.8) is 0 Å². The lowest BCUT2D eigenvalue weighted by Crippen LogP contribution is -2.54. The minimum atomic E-state index is 0. The van der Waals surface area contributed by atoms with Crippen LogP contribution in [0.4, 0.5) is 0 Å². The van der Waals surface area contributed by atoms with Gasteiger partial charge in [-0.3, -0.25) is 4.79 Å². The van der Waals surface area contributed by atoms with E-state index in [4.69, 9.17) is 0 Å². The Morgan fingerprint density at radius 2 is 1.73 bits per heavy atom. The Morgan fingerprint density at radius 1 is 1.09 bits per heavy atom. The number of carbonyl (C=O) groups is 1. The molecule has 2 N–H and O–H groups in total. The van der Waals surface area contributed by atoms with Crippen LogP contribution in [0.2, 0.25) is 0 Å². The molecule has 4 bridgehead atoms. The maximum atomic E-state index is 12.9. The molecule has 126 valence electrons. The highest BCUT2D eigenvalue weighted by molar-refractivity contribution is 5.85. The zero-order valence-electron chi connectivity index (χ0n) is 13.7. The Balaban J connectivity index is 0.00000144. The van der Waals surface area contributed by atoms with Gasteiger partial charge >= 0.3 is 0 Å². The van der Waals surface area contributed by atoms with Crippen molar-refractivity contribution in [3.05, 3.63) is 0 Å². The predicted octanol–water partition coefficient (Wildman–Crippen LogP) is 2.98. The number of halogens is 1. The molecule has 1 amide bonds. The second-order valence-corrected chi connectivity index (χ2v) is 8.36. The SMILES string of the molecule is CC(NC(=O)C1C2CC3CC(C2)CC1C3)C1CCCNC1.Cl. The third-order valence-corrected chi connectivity index (χ3v) is 6.94. The monoisotopic (exact) mass is 326 g/mol. The van der Waals surface area contributed by atoms with Crippen LogP contribution < -0.4 is 10.6 Å². The van der Waals surface area contributed by atoms with E-state index in [2.05, 4.69) is 17.6 Å². The molecule has 1 saturated heterocycles. The molecule has 22 heavy (non-hydrogen) atoms. The van der Waals surface area contributed by atoms with Crippen LogP contribution in [0.3, 0.4) is 0 Å². The molecule has 1 aliphatic heterocycles. The molecule has 4 heteroatoms. The molecular weight excluding hydrogens is 296 g/mol. The molecule has 4 saturated carbocycles. The fraction of sp³-hybridized carbons (Fsp3) is 0.944. The van der Waals surface area contributed by atoms with Gasteiger partial charge in [0.15, 0.2) is 0 Å². The molecule has 5 aliphatic rings. The fourth-order valence-corrected chi connectivity index (χ4v) is 6.10. The number of hydrogen-bond donors (Lipinski definition) is 2. The normalized spacial score (nSPS) is 44.2.